The van der Waals surface area contributed by atoms with E-state index in [1.807, 2.05) is 0 Å². The van der Waals surface area contributed by atoms with E-state index in [-0.39, 0.29) is 42.4 Å². The molecule has 1 spiro atoms. The average molecular weight is 700 g/mol. The van der Waals surface area contributed by atoms with Crippen molar-refractivity contribution < 1.29 is 55.0 Å². The number of carbonyl (C=O) groups excluding carboxylic acids is 2. The molecule has 12 nitrogen and oxygen atoms in total. The number of aliphatic hydroxyl groups excluding tert-OH is 5. The third kappa shape index (κ3) is 6.39. The minimum Gasteiger partial charge on any atom is -0.511 e. The first-order valence-corrected chi connectivity index (χ1v) is 19.6. The second kappa shape index (κ2) is 14.7. The third-order valence-corrected chi connectivity index (χ3v) is 14.4. The molecule has 0 aromatic heterocycles. The SMILES string of the molecule is CC1=CC2C(=O)C3CCCC4OC5OC(CO)C(O)C(O)(CCC6CC[NH2+]C(C6)NCSSC(CCCO)C2(C(=O)C43)C(O)=C1)C5O. The molecule has 264 valence electrons. The Morgan fingerprint density at radius 3 is 2.68 bits per heavy atom. The van der Waals surface area contributed by atoms with E-state index in [2.05, 4.69) is 10.6 Å². The predicted octanol–water partition coefficient (Wildman–Crippen LogP) is 0.277. The summed E-state index contributed by atoms with van der Waals surface area (Å²) in [5.41, 5.74) is -2.91. The number of ether oxygens (including phenoxy) is 2. The van der Waals surface area contributed by atoms with E-state index in [0.29, 0.717) is 50.0 Å². The van der Waals surface area contributed by atoms with Crippen LogP contribution < -0.4 is 10.6 Å². The number of allylic oxidation sites excluding steroid dienone is 4. The van der Waals surface area contributed by atoms with Gasteiger partial charge in [-0.05, 0) is 63.9 Å². The monoisotopic (exact) mass is 699 g/mol. The molecule has 6 aliphatic rings. The van der Waals surface area contributed by atoms with Crippen molar-refractivity contribution in [2.75, 3.05) is 25.6 Å². The van der Waals surface area contributed by atoms with Crippen molar-refractivity contribution in [1.29, 1.82) is 0 Å². The van der Waals surface area contributed by atoms with Crippen LogP contribution in [0.4, 0.5) is 0 Å². The molecular formula is C33H51N2O10S2+. The van der Waals surface area contributed by atoms with Crippen molar-refractivity contribution in [2.45, 2.75) is 112 Å². The molecule has 47 heavy (non-hydrogen) atoms. The highest BCUT2D eigenvalue weighted by Crippen LogP contribution is 2.59. The fourth-order valence-corrected chi connectivity index (χ4v) is 12.1. The molecule has 3 aliphatic heterocycles. The highest BCUT2D eigenvalue weighted by Gasteiger charge is 2.67. The lowest BCUT2D eigenvalue weighted by Crippen LogP contribution is -2.95. The summed E-state index contributed by atoms with van der Waals surface area (Å²) >= 11 is 0. The second-order valence-electron chi connectivity index (χ2n) is 14.4. The zero-order valence-corrected chi connectivity index (χ0v) is 28.5. The molecule has 0 amide bonds. The molecule has 13 unspecified atom stereocenters. The molecule has 3 heterocycles. The van der Waals surface area contributed by atoms with Gasteiger partial charge in [0.05, 0.1) is 37.0 Å². The van der Waals surface area contributed by atoms with Crippen LogP contribution in [0.5, 0.6) is 0 Å². The fourth-order valence-electron chi connectivity index (χ4n) is 9.16. The number of piperidine rings is 1. The molecule has 14 heteroatoms. The van der Waals surface area contributed by atoms with Crippen LogP contribution in [0.1, 0.15) is 64.7 Å². The summed E-state index contributed by atoms with van der Waals surface area (Å²) in [5.74, 6) is -2.32. The zero-order valence-electron chi connectivity index (χ0n) is 26.9. The molecule has 5 fully saturated rings. The van der Waals surface area contributed by atoms with Gasteiger partial charge >= 0.3 is 0 Å². The first kappa shape index (κ1) is 35.8. The number of aliphatic hydroxyl groups is 6. The third-order valence-electron chi connectivity index (χ3n) is 11.6. The Bertz CT molecular complexity index is 1240. The standard InChI is InChI=1S/C33H50N2O10S2/c1-17-12-20-27(39)19-4-2-5-21-26(19)29(41)33(20,23(38)13-17)24(6-3-11-36)47-46-16-35-25-14-18(8-10-34-25)7-9-32(43)28(40)22(15-37)45-31(44-21)30(32)42/h12-13,18-22,24-26,28,30-31,34-38,40,42-43H,2-11,14-16H2,1H3/p+1. The molecule has 0 radical (unpaired) electrons. The van der Waals surface area contributed by atoms with Gasteiger partial charge in [0, 0.05) is 24.2 Å². The first-order chi connectivity index (χ1) is 22.6. The van der Waals surface area contributed by atoms with Crippen LogP contribution >= 0.6 is 21.6 Å². The number of nitrogens with one attached hydrogen (secondary N) is 1. The van der Waals surface area contributed by atoms with Crippen molar-refractivity contribution in [3.05, 3.63) is 23.5 Å². The number of hydrogen-bond acceptors (Lipinski definition) is 13. The summed E-state index contributed by atoms with van der Waals surface area (Å²) < 4.78 is 12.3. The lowest BCUT2D eigenvalue weighted by Gasteiger charge is -2.54. The van der Waals surface area contributed by atoms with Crippen molar-refractivity contribution in [3.63, 3.8) is 0 Å². The second-order valence-corrected chi connectivity index (χ2v) is 16.9. The van der Waals surface area contributed by atoms with Gasteiger partial charge in [0.25, 0.3) is 0 Å². The molecule has 9 N–H and O–H groups in total. The molecule has 0 aromatic carbocycles. The molecule has 0 aromatic rings. The van der Waals surface area contributed by atoms with Crippen molar-refractivity contribution in [3.8, 4) is 0 Å². The summed E-state index contributed by atoms with van der Waals surface area (Å²) in [6.07, 6.45) is 1.16. The minimum absolute atomic E-state index is 0.0624. The van der Waals surface area contributed by atoms with Crippen LogP contribution in [0, 0.1) is 29.1 Å². The van der Waals surface area contributed by atoms with Crippen LogP contribution in [0.2, 0.25) is 0 Å². The van der Waals surface area contributed by atoms with Gasteiger partial charge in [0.2, 0.25) is 0 Å². The van der Waals surface area contributed by atoms with Crippen LogP contribution in [0.25, 0.3) is 0 Å². The summed E-state index contributed by atoms with van der Waals surface area (Å²) in [4.78, 5) is 29.6. The fraction of sp³-hybridized carbons (Fsp3) is 0.818. The minimum atomic E-state index is -2.03. The Kier molecular flexibility index (Phi) is 11.2. The van der Waals surface area contributed by atoms with Gasteiger partial charge in [-0.15, -0.1) is 0 Å². The van der Waals surface area contributed by atoms with E-state index in [4.69, 9.17) is 9.47 Å². The van der Waals surface area contributed by atoms with Gasteiger partial charge in [-0.1, -0.05) is 39.7 Å². The van der Waals surface area contributed by atoms with Gasteiger partial charge < -0.3 is 45.4 Å². The number of ketones is 2. The molecule has 6 bridgehead atoms. The molecule has 6 rings (SSSR count). The van der Waals surface area contributed by atoms with E-state index in [1.165, 1.54) is 21.6 Å². The number of Topliss-reactive ketones (excluding diaryl/α,β-unsaturated/α-hetero) is 2. The molecule has 3 saturated heterocycles. The maximum atomic E-state index is 15.2. The lowest BCUT2D eigenvalue weighted by molar-refractivity contribution is -0.704. The number of quaternary nitrogens is 1. The van der Waals surface area contributed by atoms with Crippen LogP contribution in [-0.4, -0.2) is 116 Å². The van der Waals surface area contributed by atoms with Crippen LogP contribution in [-0.2, 0) is 19.1 Å². The smallest absolute Gasteiger partial charge is 0.187 e. The van der Waals surface area contributed by atoms with Gasteiger partial charge in [0.1, 0.15) is 47.0 Å². The summed E-state index contributed by atoms with van der Waals surface area (Å²) in [6, 6.07) is 0. The number of carbonyl (C=O) groups is 2. The quantitative estimate of drug-likeness (QED) is 0.186. The van der Waals surface area contributed by atoms with Gasteiger partial charge in [0.15, 0.2) is 12.1 Å². The first-order valence-electron chi connectivity index (χ1n) is 17.2. The molecule has 13 atom stereocenters. The van der Waals surface area contributed by atoms with Crippen molar-refractivity contribution in [2.24, 2.45) is 29.1 Å². The number of rotatable bonds is 4. The maximum absolute atomic E-state index is 15.2. The normalized spacial score (nSPS) is 46.4. The largest absolute Gasteiger partial charge is 0.511 e. The van der Waals surface area contributed by atoms with E-state index in [1.54, 1.807) is 19.1 Å². The maximum Gasteiger partial charge on any atom is 0.187 e. The average Bonchev–Trinajstić information content (AvgIpc) is 3.06. The highest BCUT2D eigenvalue weighted by molar-refractivity contribution is 8.76. The van der Waals surface area contributed by atoms with Gasteiger partial charge in [-0.2, -0.15) is 0 Å². The van der Waals surface area contributed by atoms with E-state index < -0.39 is 71.3 Å². The van der Waals surface area contributed by atoms with Crippen molar-refractivity contribution >= 4 is 33.2 Å². The Labute approximate surface area is 283 Å². The Morgan fingerprint density at radius 1 is 1.11 bits per heavy atom. The van der Waals surface area contributed by atoms with Gasteiger partial charge in [-0.3, -0.25) is 14.9 Å². The van der Waals surface area contributed by atoms with Gasteiger partial charge in [-0.25, -0.2) is 0 Å². The molecule has 2 saturated carbocycles. The Balaban J connectivity index is 1.43. The zero-order chi connectivity index (χ0) is 33.5. The van der Waals surface area contributed by atoms with E-state index in [9.17, 15) is 35.4 Å². The summed E-state index contributed by atoms with van der Waals surface area (Å²) in [5, 5.41) is 71.7. The Hall–Kier alpha value is -1.04. The number of hydrogen-bond donors (Lipinski definition) is 8. The molecule has 3 aliphatic carbocycles. The summed E-state index contributed by atoms with van der Waals surface area (Å²) in [6.45, 7) is 1.95. The molecular weight excluding hydrogens is 649 g/mol. The Morgan fingerprint density at radius 2 is 1.91 bits per heavy atom. The van der Waals surface area contributed by atoms with Crippen LogP contribution in [0.15, 0.2) is 23.5 Å². The summed E-state index contributed by atoms with van der Waals surface area (Å²) in [7, 11) is 3.01. The van der Waals surface area contributed by atoms with Crippen molar-refractivity contribution in [1.82, 2.24) is 5.32 Å². The highest BCUT2D eigenvalue weighted by atomic mass is 33.1. The lowest BCUT2D eigenvalue weighted by atomic mass is 9.51. The number of nitrogens with two attached hydrogens (primary N) is 1. The van der Waals surface area contributed by atoms with Crippen LogP contribution in [0.3, 0.4) is 0 Å². The number of fused-ring (bicyclic) bond motifs is 4. The van der Waals surface area contributed by atoms with E-state index >= 15 is 4.79 Å². The van der Waals surface area contributed by atoms with E-state index in [0.717, 1.165) is 19.4 Å². The predicted molar refractivity (Wildman–Crippen MR) is 175 cm³/mol. The topological polar surface area (TPSA) is 203 Å².